The van der Waals surface area contributed by atoms with E-state index in [0.29, 0.717) is 0 Å². The smallest absolute Gasteiger partial charge is 0.179 e. The third-order valence-electron chi connectivity index (χ3n) is 11.9. The Morgan fingerprint density at radius 3 is 1.25 bits per heavy atom. The van der Waals surface area contributed by atoms with Crippen LogP contribution in [0.15, 0.2) is 231 Å². The first-order chi connectivity index (χ1) is 28.3. The van der Waals surface area contributed by atoms with Gasteiger partial charge in [0.05, 0.1) is 22.1 Å². The highest BCUT2D eigenvalue weighted by molar-refractivity contribution is 7.20. The van der Waals surface area contributed by atoms with Gasteiger partial charge in [-0.05, 0) is 80.4 Å². The minimum absolute atomic E-state index is 1.15. The molecule has 0 aliphatic rings. The van der Waals surface area contributed by atoms with Crippen molar-refractivity contribution in [3.63, 3.8) is 0 Å². The summed E-state index contributed by atoms with van der Waals surface area (Å²) < 4.78 is 4.90. The normalized spacial score (nSPS) is 11.9. The van der Waals surface area contributed by atoms with E-state index in [0.717, 1.165) is 11.4 Å². The Kier molecular flexibility index (Phi) is 7.87. The Balaban J connectivity index is 1.15. The fraction of sp³-hybridized carbons (Fsp3) is 0. The van der Waals surface area contributed by atoms with Crippen LogP contribution in [0.25, 0.3) is 66.1 Å². The zero-order valence-corrected chi connectivity index (χ0v) is 32.3. The average Bonchev–Trinajstić information content (AvgIpc) is 3.80. The molecule has 11 aromatic rings. The lowest BCUT2D eigenvalue weighted by Crippen LogP contribution is -2.74. The van der Waals surface area contributed by atoms with E-state index in [9.17, 15) is 0 Å². The van der Waals surface area contributed by atoms with Crippen molar-refractivity contribution in [2.45, 2.75) is 0 Å². The summed E-state index contributed by atoms with van der Waals surface area (Å²) in [6, 6.07) is 85.2. The molecule has 57 heavy (non-hydrogen) atoms. The molecule has 0 fully saturated rings. The quantitative estimate of drug-likeness (QED) is 0.114. The van der Waals surface area contributed by atoms with Gasteiger partial charge in [-0.25, -0.2) is 0 Å². The Bertz CT molecular complexity index is 3100. The van der Waals surface area contributed by atoms with Crippen LogP contribution >= 0.6 is 0 Å². The third kappa shape index (κ3) is 5.24. The lowest BCUT2D eigenvalue weighted by Gasteiger charge is -2.34. The van der Waals surface area contributed by atoms with E-state index in [1.54, 1.807) is 0 Å². The summed E-state index contributed by atoms with van der Waals surface area (Å²) in [5.74, 6) is 0. The van der Waals surface area contributed by atoms with Crippen LogP contribution in [0.3, 0.4) is 0 Å². The minimum atomic E-state index is -2.75. The maximum Gasteiger partial charge on any atom is 0.179 e. The number of hydrogen-bond acceptors (Lipinski definition) is 0. The fourth-order valence-corrected chi connectivity index (χ4v) is 14.1. The summed E-state index contributed by atoms with van der Waals surface area (Å²) >= 11 is 0. The second-order valence-electron chi connectivity index (χ2n) is 14.9. The van der Waals surface area contributed by atoms with Crippen molar-refractivity contribution in [1.82, 2.24) is 9.13 Å². The number of hydrogen-bond donors (Lipinski definition) is 0. The molecule has 0 spiro atoms. The van der Waals surface area contributed by atoms with Gasteiger partial charge < -0.3 is 9.13 Å². The van der Waals surface area contributed by atoms with Gasteiger partial charge in [0.15, 0.2) is 8.07 Å². The van der Waals surface area contributed by atoms with Crippen molar-refractivity contribution in [2.75, 3.05) is 0 Å². The molecular weight excluding hydrogens is 705 g/mol. The highest BCUT2D eigenvalue weighted by Crippen LogP contribution is 2.37. The van der Waals surface area contributed by atoms with Crippen LogP contribution in [0.2, 0.25) is 0 Å². The second kappa shape index (κ2) is 13.5. The molecule has 0 saturated carbocycles. The van der Waals surface area contributed by atoms with E-state index in [4.69, 9.17) is 0 Å². The van der Waals surface area contributed by atoms with Crippen LogP contribution in [0.5, 0.6) is 0 Å². The van der Waals surface area contributed by atoms with Gasteiger partial charge in [-0.1, -0.05) is 182 Å². The maximum atomic E-state index is 2.51. The molecule has 0 amide bonds. The Hall–Kier alpha value is -7.20. The highest BCUT2D eigenvalue weighted by Gasteiger charge is 2.41. The first kappa shape index (κ1) is 33.2. The van der Waals surface area contributed by atoms with Crippen LogP contribution in [-0.2, 0) is 0 Å². The number of benzene rings is 9. The number of rotatable bonds is 7. The summed E-state index contributed by atoms with van der Waals surface area (Å²) in [6.45, 7) is 0. The van der Waals surface area contributed by atoms with Crippen LogP contribution < -0.4 is 20.7 Å². The second-order valence-corrected chi connectivity index (χ2v) is 18.7. The predicted octanol–water partition coefficient (Wildman–Crippen LogP) is 10.9. The Labute approximate surface area is 333 Å². The van der Waals surface area contributed by atoms with Crippen molar-refractivity contribution in [1.29, 1.82) is 0 Å². The first-order valence-corrected chi connectivity index (χ1v) is 21.7. The molecule has 0 saturated heterocycles. The van der Waals surface area contributed by atoms with Gasteiger partial charge in [-0.15, -0.1) is 0 Å². The van der Waals surface area contributed by atoms with Crippen LogP contribution in [0.4, 0.5) is 0 Å². The van der Waals surface area contributed by atoms with E-state index in [1.165, 1.54) is 75.5 Å². The largest absolute Gasteiger partial charge is 0.309 e. The number of fused-ring (bicyclic) bond motifs is 6. The lowest BCUT2D eigenvalue weighted by atomic mass is 10.1. The van der Waals surface area contributed by atoms with Crippen LogP contribution in [0, 0.1) is 0 Å². The van der Waals surface area contributed by atoms with Crippen molar-refractivity contribution < 1.29 is 0 Å². The molecule has 11 rings (SSSR count). The molecule has 0 aliphatic carbocycles. The molecular formula is C54H38N2Si. The van der Waals surface area contributed by atoms with Crippen molar-refractivity contribution in [3.8, 4) is 22.5 Å². The maximum absolute atomic E-state index is 2.75. The van der Waals surface area contributed by atoms with E-state index >= 15 is 0 Å². The Morgan fingerprint density at radius 1 is 0.246 bits per heavy atom. The van der Waals surface area contributed by atoms with Crippen LogP contribution in [0.1, 0.15) is 0 Å². The summed E-state index contributed by atoms with van der Waals surface area (Å²) in [5.41, 5.74) is 9.55. The molecule has 268 valence electrons. The zero-order chi connectivity index (χ0) is 37.8. The number of nitrogens with zero attached hydrogens (tertiary/aromatic N) is 2. The van der Waals surface area contributed by atoms with Crippen molar-refractivity contribution in [3.05, 3.63) is 231 Å². The van der Waals surface area contributed by atoms with Gasteiger partial charge in [0, 0.05) is 32.9 Å². The summed E-state index contributed by atoms with van der Waals surface area (Å²) in [5, 5.41) is 10.5. The van der Waals surface area contributed by atoms with Crippen molar-refractivity contribution in [2.24, 2.45) is 0 Å². The fourth-order valence-electron chi connectivity index (χ4n) is 9.36. The topological polar surface area (TPSA) is 9.86 Å². The van der Waals surface area contributed by atoms with Gasteiger partial charge in [-0.3, -0.25) is 0 Å². The third-order valence-corrected chi connectivity index (χ3v) is 16.6. The van der Waals surface area contributed by atoms with E-state index in [1.807, 2.05) is 0 Å². The van der Waals surface area contributed by atoms with Gasteiger partial charge in [0.25, 0.3) is 0 Å². The Morgan fingerprint density at radius 2 is 0.667 bits per heavy atom. The molecule has 0 atom stereocenters. The van der Waals surface area contributed by atoms with Crippen LogP contribution in [-0.4, -0.2) is 17.2 Å². The summed E-state index contributed by atoms with van der Waals surface area (Å²) in [4.78, 5) is 0. The molecule has 9 aromatic carbocycles. The minimum Gasteiger partial charge on any atom is -0.309 e. The average molecular weight is 743 g/mol. The molecule has 0 radical (unpaired) electrons. The van der Waals surface area contributed by atoms with Gasteiger partial charge >= 0.3 is 0 Å². The van der Waals surface area contributed by atoms with Gasteiger partial charge in [-0.2, -0.15) is 0 Å². The monoisotopic (exact) mass is 742 g/mol. The molecule has 0 unspecified atom stereocenters. The first-order valence-electron chi connectivity index (χ1n) is 19.7. The standard InChI is InChI=1S/C54H38N2Si/c1-5-17-39(18-6-1)40-29-31-41(32-30-40)55-52-28-16-14-26-48(52)50-37-42(33-36-53(50)55)56-51-27-15-13-25-47(51)49-35-34-46(38-54(49)56)57(43-19-7-2-8-20-43,44-21-9-3-10-22-44)45-23-11-4-12-24-45/h1-38H. The molecule has 0 N–H and O–H groups in total. The lowest BCUT2D eigenvalue weighted by molar-refractivity contribution is 1.17. The zero-order valence-electron chi connectivity index (χ0n) is 31.3. The van der Waals surface area contributed by atoms with Gasteiger partial charge in [0.2, 0.25) is 0 Å². The SMILES string of the molecule is c1ccc(-c2ccc(-n3c4ccccc4c4cc(-n5c6ccccc6c6ccc([Si](c7ccccc7)(c7ccccc7)c7ccccc7)cc65)ccc43)cc2)cc1. The van der Waals surface area contributed by atoms with E-state index in [-0.39, 0.29) is 0 Å². The highest BCUT2D eigenvalue weighted by atomic mass is 28.3. The summed E-state index contributed by atoms with van der Waals surface area (Å²) in [6.07, 6.45) is 0. The molecule has 0 aliphatic heterocycles. The van der Waals surface area contributed by atoms with E-state index in [2.05, 4.69) is 240 Å². The summed E-state index contributed by atoms with van der Waals surface area (Å²) in [7, 11) is -2.75. The molecule has 3 heteroatoms. The van der Waals surface area contributed by atoms with E-state index < -0.39 is 8.07 Å². The predicted molar refractivity (Wildman–Crippen MR) is 244 cm³/mol. The van der Waals surface area contributed by atoms with Crippen molar-refractivity contribution >= 4 is 72.4 Å². The number of para-hydroxylation sites is 2. The molecule has 0 bridgehead atoms. The molecule has 2 nitrogen and oxygen atoms in total. The van der Waals surface area contributed by atoms with Gasteiger partial charge in [0.1, 0.15) is 0 Å². The molecule has 2 aromatic heterocycles. The number of aromatic nitrogens is 2. The molecule has 2 heterocycles.